The Kier molecular flexibility index (Phi) is 8.39. The van der Waals surface area contributed by atoms with E-state index in [9.17, 15) is 0 Å². The Morgan fingerprint density at radius 1 is 0.323 bits per heavy atom. The van der Waals surface area contributed by atoms with Crippen LogP contribution in [0.1, 0.15) is 22.3 Å². The molecule has 0 fully saturated rings. The molecule has 0 amide bonds. The molecule has 0 saturated heterocycles. The van der Waals surface area contributed by atoms with Crippen molar-refractivity contribution in [2.45, 2.75) is 5.41 Å². The quantitative estimate of drug-likeness (QED) is 0.161. The second kappa shape index (κ2) is 14.5. The standard InChI is InChI=1S/C59H39N3/c1-6-19-40(20-7-1)43-33-34-56-50(36-43)51-37-49-48-31-16-17-32-52(48)59(45-26-12-4-13-27-45,46-28-14-5-15-29-46)53(49)38-57(51)62(56)47-30-18-25-44(35-47)58-60-54(41-21-8-2-9-22-41)39-55(61-58)42-23-10-3-11-24-42/h1-39H. The van der Waals surface area contributed by atoms with Gasteiger partial charge in [0.05, 0.1) is 27.8 Å². The fourth-order valence-electron chi connectivity index (χ4n) is 9.92. The van der Waals surface area contributed by atoms with Crippen molar-refractivity contribution < 1.29 is 0 Å². The predicted molar refractivity (Wildman–Crippen MR) is 255 cm³/mol. The summed E-state index contributed by atoms with van der Waals surface area (Å²) in [7, 11) is 0. The second-order valence-corrected chi connectivity index (χ2v) is 16.1. The molecule has 290 valence electrons. The first-order chi connectivity index (χ1) is 30.7. The van der Waals surface area contributed by atoms with Gasteiger partial charge in [0.1, 0.15) is 0 Å². The van der Waals surface area contributed by atoms with E-state index >= 15 is 0 Å². The molecule has 0 atom stereocenters. The van der Waals surface area contributed by atoms with Crippen molar-refractivity contribution in [2.75, 3.05) is 0 Å². The van der Waals surface area contributed by atoms with Crippen LogP contribution in [0.3, 0.4) is 0 Å². The Balaban J connectivity index is 1.14. The fraction of sp³-hybridized carbons (Fsp3) is 0.0169. The lowest BCUT2D eigenvalue weighted by Crippen LogP contribution is -2.28. The van der Waals surface area contributed by atoms with Crippen molar-refractivity contribution in [3.05, 3.63) is 259 Å². The summed E-state index contributed by atoms with van der Waals surface area (Å²) in [5.41, 5.74) is 17.6. The predicted octanol–water partition coefficient (Wildman–Crippen LogP) is 14.6. The first-order valence-electron chi connectivity index (χ1n) is 21.2. The Morgan fingerprint density at radius 2 is 0.855 bits per heavy atom. The number of nitrogens with zero attached hydrogens (tertiary/aromatic N) is 3. The number of hydrogen-bond acceptors (Lipinski definition) is 2. The molecule has 2 aromatic heterocycles. The molecular formula is C59H39N3. The van der Waals surface area contributed by atoms with Crippen LogP contribution in [0.25, 0.3) is 83.6 Å². The van der Waals surface area contributed by atoms with Gasteiger partial charge in [-0.15, -0.1) is 0 Å². The van der Waals surface area contributed by atoms with Crippen LogP contribution in [0.4, 0.5) is 0 Å². The lowest BCUT2D eigenvalue weighted by Gasteiger charge is -2.34. The number of hydrogen-bond donors (Lipinski definition) is 0. The summed E-state index contributed by atoms with van der Waals surface area (Å²) in [6.07, 6.45) is 0. The number of benzene rings is 9. The minimum Gasteiger partial charge on any atom is -0.309 e. The van der Waals surface area contributed by atoms with Crippen LogP contribution < -0.4 is 0 Å². The van der Waals surface area contributed by atoms with Crippen LogP contribution in [0.5, 0.6) is 0 Å². The molecule has 0 N–H and O–H groups in total. The molecule has 62 heavy (non-hydrogen) atoms. The Labute approximate surface area is 360 Å². The van der Waals surface area contributed by atoms with E-state index in [1.807, 2.05) is 12.1 Å². The lowest BCUT2D eigenvalue weighted by molar-refractivity contribution is 0.769. The number of aromatic nitrogens is 3. The maximum Gasteiger partial charge on any atom is 0.160 e. The van der Waals surface area contributed by atoms with Gasteiger partial charge in [-0.05, 0) is 87.0 Å². The summed E-state index contributed by atoms with van der Waals surface area (Å²) in [6, 6.07) is 85.3. The summed E-state index contributed by atoms with van der Waals surface area (Å²) in [4.78, 5) is 10.5. The average molecular weight is 790 g/mol. The highest BCUT2D eigenvalue weighted by molar-refractivity contribution is 6.13. The molecule has 3 heteroatoms. The first kappa shape index (κ1) is 35.8. The Bertz CT molecular complexity index is 3330. The molecule has 1 aliphatic carbocycles. The van der Waals surface area contributed by atoms with Crippen molar-refractivity contribution in [1.29, 1.82) is 0 Å². The lowest BCUT2D eigenvalue weighted by atomic mass is 9.67. The molecule has 9 aromatic carbocycles. The molecule has 2 heterocycles. The van der Waals surface area contributed by atoms with Crippen molar-refractivity contribution in [2.24, 2.45) is 0 Å². The largest absolute Gasteiger partial charge is 0.309 e. The van der Waals surface area contributed by atoms with Gasteiger partial charge in [-0.3, -0.25) is 0 Å². The van der Waals surface area contributed by atoms with Gasteiger partial charge >= 0.3 is 0 Å². The van der Waals surface area contributed by atoms with Crippen LogP contribution in [0.15, 0.2) is 237 Å². The zero-order chi connectivity index (χ0) is 41.0. The van der Waals surface area contributed by atoms with Crippen molar-refractivity contribution in [1.82, 2.24) is 14.5 Å². The van der Waals surface area contributed by atoms with Crippen molar-refractivity contribution in [3.63, 3.8) is 0 Å². The molecule has 11 aromatic rings. The van der Waals surface area contributed by atoms with E-state index in [0.29, 0.717) is 5.82 Å². The van der Waals surface area contributed by atoms with Crippen LogP contribution >= 0.6 is 0 Å². The van der Waals surface area contributed by atoms with E-state index in [2.05, 4.69) is 229 Å². The molecule has 0 unspecified atom stereocenters. The van der Waals surface area contributed by atoms with Crippen molar-refractivity contribution in [3.8, 4) is 61.8 Å². The molecular weight excluding hydrogens is 751 g/mol. The summed E-state index contributed by atoms with van der Waals surface area (Å²) in [5, 5.41) is 2.42. The molecule has 0 saturated carbocycles. The van der Waals surface area contributed by atoms with Crippen molar-refractivity contribution >= 4 is 21.8 Å². The summed E-state index contributed by atoms with van der Waals surface area (Å²) < 4.78 is 2.45. The normalized spacial score (nSPS) is 12.6. The van der Waals surface area contributed by atoms with Crippen LogP contribution in [-0.4, -0.2) is 14.5 Å². The van der Waals surface area contributed by atoms with E-state index < -0.39 is 5.41 Å². The molecule has 1 aliphatic rings. The minimum absolute atomic E-state index is 0.527. The molecule has 12 rings (SSSR count). The highest BCUT2D eigenvalue weighted by atomic mass is 15.0. The van der Waals surface area contributed by atoms with Gasteiger partial charge in [-0.1, -0.05) is 194 Å². The van der Waals surface area contributed by atoms with Gasteiger partial charge in [-0.25, -0.2) is 9.97 Å². The van der Waals surface area contributed by atoms with E-state index in [0.717, 1.165) is 44.8 Å². The minimum atomic E-state index is -0.527. The van der Waals surface area contributed by atoms with Crippen LogP contribution in [-0.2, 0) is 5.41 Å². The Hall–Kier alpha value is -8.14. The number of rotatable bonds is 7. The molecule has 3 nitrogen and oxygen atoms in total. The highest BCUT2D eigenvalue weighted by Crippen LogP contribution is 2.57. The molecule has 0 spiro atoms. The zero-order valence-corrected chi connectivity index (χ0v) is 33.9. The summed E-state index contributed by atoms with van der Waals surface area (Å²) in [5.74, 6) is 0.683. The first-order valence-corrected chi connectivity index (χ1v) is 21.2. The smallest absolute Gasteiger partial charge is 0.160 e. The monoisotopic (exact) mass is 789 g/mol. The fourth-order valence-corrected chi connectivity index (χ4v) is 9.92. The third-order valence-electron chi connectivity index (χ3n) is 12.7. The van der Waals surface area contributed by atoms with Gasteiger partial charge in [0.25, 0.3) is 0 Å². The van der Waals surface area contributed by atoms with Gasteiger partial charge < -0.3 is 4.57 Å². The van der Waals surface area contributed by atoms with E-state index in [4.69, 9.17) is 9.97 Å². The third-order valence-corrected chi connectivity index (χ3v) is 12.7. The average Bonchev–Trinajstić information content (AvgIpc) is 3.84. The van der Waals surface area contributed by atoms with E-state index in [-0.39, 0.29) is 0 Å². The maximum atomic E-state index is 5.23. The highest BCUT2D eigenvalue weighted by Gasteiger charge is 2.46. The Morgan fingerprint density at radius 3 is 1.48 bits per heavy atom. The number of fused-ring (bicyclic) bond motifs is 6. The zero-order valence-electron chi connectivity index (χ0n) is 33.9. The van der Waals surface area contributed by atoms with Gasteiger partial charge in [0.15, 0.2) is 5.82 Å². The maximum absolute atomic E-state index is 5.23. The molecule has 0 radical (unpaired) electrons. The SMILES string of the molecule is c1ccc(-c2ccc3c(c2)c2cc4c(cc2n3-c2cccc(-c3nc(-c5ccccc5)cc(-c5ccccc5)n3)c2)C(c2ccccc2)(c2ccccc2)c2ccccc2-4)cc1. The van der Waals surface area contributed by atoms with Gasteiger partial charge in [-0.2, -0.15) is 0 Å². The summed E-state index contributed by atoms with van der Waals surface area (Å²) >= 11 is 0. The molecule has 0 aliphatic heterocycles. The topological polar surface area (TPSA) is 30.7 Å². The van der Waals surface area contributed by atoms with E-state index in [1.54, 1.807) is 0 Å². The van der Waals surface area contributed by atoms with Gasteiger partial charge in [0.2, 0.25) is 0 Å². The third kappa shape index (κ3) is 5.67. The van der Waals surface area contributed by atoms with Crippen LogP contribution in [0, 0.1) is 0 Å². The second-order valence-electron chi connectivity index (χ2n) is 16.1. The summed E-state index contributed by atoms with van der Waals surface area (Å²) in [6.45, 7) is 0. The van der Waals surface area contributed by atoms with Gasteiger partial charge in [0, 0.05) is 33.2 Å². The van der Waals surface area contributed by atoms with Crippen LogP contribution in [0.2, 0.25) is 0 Å². The molecule has 0 bridgehead atoms. The van der Waals surface area contributed by atoms with E-state index in [1.165, 1.54) is 55.3 Å².